The van der Waals surface area contributed by atoms with E-state index in [0.717, 1.165) is 18.0 Å². The molecule has 0 radical (unpaired) electrons. The summed E-state index contributed by atoms with van der Waals surface area (Å²) in [7, 11) is 0. The van der Waals surface area contributed by atoms with Gasteiger partial charge < -0.3 is 5.73 Å². The molecule has 19 heavy (non-hydrogen) atoms. The van der Waals surface area contributed by atoms with Crippen molar-refractivity contribution in [2.24, 2.45) is 11.7 Å². The van der Waals surface area contributed by atoms with Crippen LogP contribution in [0.3, 0.4) is 0 Å². The lowest BCUT2D eigenvalue weighted by molar-refractivity contribution is 0.121. The average molecular weight is 280 g/mol. The Morgan fingerprint density at radius 1 is 1.47 bits per heavy atom. The van der Waals surface area contributed by atoms with Crippen LogP contribution in [-0.2, 0) is 6.54 Å². The van der Waals surface area contributed by atoms with Gasteiger partial charge in [-0.05, 0) is 38.3 Å². The predicted octanol–water partition coefficient (Wildman–Crippen LogP) is 3.08. The number of halogens is 1. The fourth-order valence-electron chi connectivity index (χ4n) is 2.74. The van der Waals surface area contributed by atoms with E-state index in [9.17, 15) is 4.39 Å². The second-order valence-corrected chi connectivity index (χ2v) is 6.06. The molecule has 4 heteroatoms. The number of hydrogen-bond donors (Lipinski definition) is 1. The van der Waals surface area contributed by atoms with E-state index in [2.05, 4.69) is 18.7 Å². The highest BCUT2D eigenvalue weighted by Crippen LogP contribution is 2.24. The van der Waals surface area contributed by atoms with Crippen molar-refractivity contribution in [2.75, 3.05) is 6.54 Å². The van der Waals surface area contributed by atoms with Crippen LogP contribution in [0.1, 0.15) is 37.8 Å². The summed E-state index contributed by atoms with van der Waals surface area (Å²) in [6, 6.07) is 5.56. The average Bonchev–Trinajstić information content (AvgIpc) is 2.34. The van der Waals surface area contributed by atoms with Gasteiger partial charge in [0.25, 0.3) is 0 Å². The van der Waals surface area contributed by atoms with E-state index in [-0.39, 0.29) is 10.8 Å². The second-order valence-electron chi connectivity index (χ2n) is 5.62. The molecule has 0 spiro atoms. The topological polar surface area (TPSA) is 29.3 Å². The summed E-state index contributed by atoms with van der Waals surface area (Å²) >= 11 is 4.86. The molecule has 0 amide bonds. The first-order valence-corrected chi connectivity index (χ1v) is 7.20. The lowest BCUT2D eigenvalue weighted by Gasteiger charge is -2.36. The van der Waals surface area contributed by atoms with Crippen LogP contribution in [0.2, 0.25) is 0 Å². The highest BCUT2D eigenvalue weighted by molar-refractivity contribution is 7.80. The summed E-state index contributed by atoms with van der Waals surface area (Å²) in [5.74, 6) is 0.559. The number of nitrogens with zero attached hydrogens (tertiary/aromatic N) is 1. The zero-order valence-corrected chi connectivity index (χ0v) is 12.3. The van der Waals surface area contributed by atoms with Crippen LogP contribution in [0.4, 0.5) is 4.39 Å². The Hall–Kier alpha value is -1.00. The molecule has 0 saturated carbocycles. The van der Waals surface area contributed by atoms with Gasteiger partial charge in [-0.15, -0.1) is 0 Å². The van der Waals surface area contributed by atoms with Crippen LogP contribution in [0.25, 0.3) is 0 Å². The highest BCUT2D eigenvalue weighted by atomic mass is 32.1. The third-order valence-electron chi connectivity index (χ3n) is 3.99. The van der Waals surface area contributed by atoms with E-state index in [4.69, 9.17) is 18.0 Å². The maximum atomic E-state index is 14.0. The van der Waals surface area contributed by atoms with Gasteiger partial charge in [0.15, 0.2) is 0 Å². The fraction of sp³-hybridized carbons (Fsp3) is 0.533. The Morgan fingerprint density at radius 2 is 2.21 bits per heavy atom. The van der Waals surface area contributed by atoms with E-state index < -0.39 is 0 Å². The summed E-state index contributed by atoms with van der Waals surface area (Å²) in [6.45, 7) is 6.21. The third-order valence-corrected chi connectivity index (χ3v) is 4.22. The van der Waals surface area contributed by atoms with Crippen LogP contribution in [0.15, 0.2) is 18.2 Å². The highest BCUT2D eigenvalue weighted by Gasteiger charge is 2.23. The lowest BCUT2D eigenvalue weighted by atomic mass is 9.93. The van der Waals surface area contributed by atoms with Gasteiger partial charge in [-0.25, -0.2) is 4.39 Å². The van der Waals surface area contributed by atoms with Crippen molar-refractivity contribution in [1.29, 1.82) is 0 Å². The summed E-state index contributed by atoms with van der Waals surface area (Å²) < 4.78 is 14.0. The molecule has 1 aromatic carbocycles. The maximum absolute atomic E-state index is 14.0. The molecule has 2 N–H and O–H groups in total. The Balaban J connectivity index is 2.09. The second kappa shape index (κ2) is 5.97. The maximum Gasteiger partial charge on any atom is 0.128 e. The number of thiocarbonyl (C=S) groups is 1. The number of hydrogen-bond acceptors (Lipinski definition) is 2. The molecule has 104 valence electrons. The number of benzene rings is 1. The van der Waals surface area contributed by atoms with Crippen molar-refractivity contribution in [3.63, 3.8) is 0 Å². The molecule has 1 saturated heterocycles. The summed E-state index contributed by atoms with van der Waals surface area (Å²) in [6.07, 6.45) is 2.38. The summed E-state index contributed by atoms with van der Waals surface area (Å²) in [5.41, 5.74) is 6.83. The van der Waals surface area contributed by atoms with Crippen molar-refractivity contribution < 1.29 is 4.39 Å². The van der Waals surface area contributed by atoms with E-state index >= 15 is 0 Å². The number of piperidine rings is 1. The predicted molar refractivity (Wildman–Crippen MR) is 80.6 cm³/mol. The van der Waals surface area contributed by atoms with E-state index in [1.807, 2.05) is 0 Å². The van der Waals surface area contributed by atoms with E-state index in [0.29, 0.717) is 18.2 Å². The lowest BCUT2D eigenvalue weighted by Crippen LogP contribution is -2.39. The minimum Gasteiger partial charge on any atom is -0.389 e. The van der Waals surface area contributed by atoms with Crippen molar-refractivity contribution in [2.45, 2.75) is 39.3 Å². The monoisotopic (exact) mass is 280 g/mol. The standard InChI is InChI=1S/C15H21FN2S/c1-10-5-6-18(11(2)7-10)9-13-4-3-12(15(17)19)8-14(13)16/h3-4,8,10-11H,5-7,9H2,1-2H3,(H2,17,19). The van der Waals surface area contributed by atoms with Gasteiger partial charge in [0.05, 0.1) is 0 Å². The van der Waals surface area contributed by atoms with Gasteiger partial charge in [0.2, 0.25) is 0 Å². The molecule has 1 aliphatic rings. The SMILES string of the molecule is CC1CCN(Cc2ccc(C(N)=S)cc2F)C(C)C1. The smallest absolute Gasteiger partial charge is 0.128 e. The molecular formula is C15H21FN2S. The Kier molecular flexibility index (Phi) is 4.53. The third kappa shape index (κ3) is 3.51. The van der Waals surface area contributed by atoms with Gasteiger partial charge in [0, 0.05) is 23.7 Å². The summed E-state index contributed by atoms with van der Waals surface area (Å²) in [4.78, 5) is 2.59. The van der Waals surface area contributed by atoms with Crippen molar-refractivity contribution in [3.8, 4) is 0 Å². The first-order chi connectivity index (χ1) is 8.97. The number of nitrogens with two attached hydrogens (primary N) is 1. The summed E-state index contributed by atoms with van der Waals surface area (Å²) in [5, 5.41) is 0. The van der Waals surface area contributed by atoms with Gasteiger partial charge in [-0.1, -0.05) is 31.3 Å². The molecule has 2 rings (SSSR count). The van der Waals surface area contributed by atoms with Crippen molar-refractivity contribution in [1.82, 2.24) is 4.90 Å². The minimum atomic E-state index is -0.212. The van der Waals surface area contributed by atoms with E-state index in [1.165, 1.54) is 18.9 Å². The quantitative estimate of drug-likeness (QED) is 0.863. The Bertz CT molecular complexity index is 475. The minimum absolute atomic E-state index is 0.212. The molecule has 0 aliphatic carbocycles. The molecule has 1 heterocycles. The largest absolute Gasteiger partial charge is 0.389 e. The normalized spacial score (nSPS) is 24.4. The van der Waals surface area contributed by atoms with Crippen LogP contribution in [0.5, 0.6) is 0 Å². The molecule has 0 bridgehead atoms. The van der Waals surface area contributed by atoms with Gasteiger partial charge in [-0.2, -0.15) is 0 Å². The molecule has 2 nitrogen and oxygen atoms in total. The van der Waals surface area contributed by atoms with Crippen LogP contribution in [0, 0.1) is 11.7 Å². The molecular weight excluding hydrogens is 259 g/mol. The zero-order valence-electron chi connectivity index (χ0n) is 11.5. The van der Waals surface area contributed by atoms with Crippen LogP contribution < -0.4 is 5.73 Å². The van der Waals surface area contributed by atoms with Gasteiger partial charge >= 0.3 is 0 Å². The molecule has 2 atom stereocenters. The molecule has 0 aromatic heterocycles. The van der Waals surface area contributed by atoms with Crippen LogP contribution >= 0.6 is 12.2 Å². The first kappa shape index (κ1) is 14.4. The molecule has 1 aliphatic heterocycles. The Morgan fingerprint density at radius 3 is 2.79 bits per heavy atom. The van der Waals surface area contributed by atoms with Crippen molar-refractivity contribution >= 4 is 17.2 Å². The van der Waals surface area contributed by atoms with E-state index in [1.54, 1.807) is 12.1 Å². The van der Waals surface area contributed by atoms with Gasteiger partial charge in [-0.3, -0.25) is 4.90 Å². The van der Waals surface area contributed by atoms with Crippen LogP contribution in [-0.4, -0.2) is 22.5 Å². The fourth-order valence-corrected chi connectivity index (χ4v) is 2.87. The Labute approximate surface area is 119 Å². The van der Waals surface area contributed by atoms with Gasteiger partial charge in [0.1, 0.15) is 10.8 Å². The molecule has 1 fully saturated rings. The van der Waals surface area contributed by atoms with Crippen molar-refractivity contribution in [3.05, 3.63) is 35.1 Å². The number of likely N-dealkylation sites (tertiary alicyclic amines) is 1. The molecule has 1 aromatic rings. The molecule has 2 unspecified atom stereocenters. The zero-order chi connectivity index (χ0) is 14.0. The first-order valence-electron chi connectivity index (χ1n) is 6.79. The number of rotatable bonds is 3.